The summed E-state index contributed by atoms with van der Waals surface area (Å²) in [6.07, 6.45) is 4.87. The summed E-state index contributed by atoms with van der Waals surface area (Å²) < 4.78 is 7.84. The van der Waals surface area contributed by atoms with Crippen molar-refractivity contribution in [2.45, 2.75) is 66.2 Å². The van der Waals surface area contributed by atoms with Crippen LogP contribution in [-0.2, 0) is 13.1 Å². The summed E-state index contributed by atoms with van der Waals surface area (Å²) in [6, 6.07) is 11.5. The highest BCUT2D eigenvalue weighted by molar-refractivity contribution is 5.79. The largest absolute Gasteiger partial charge is 0.490 e. The summed E-state index contributed by atoms with van der Waals surface area (Å²) >= 11 is 0. The zero-order valence-electron chi connectivity index (χ0n) is 18.8. The lowest BCUT2D eigenvalue weighted by Gasteiger charge is -2.17. The van der Waals surface area contributed by atoms with Gasteiger partial charge in [-0.25, -0.2) is 4.99 Å². The van der Waals surface area contributed by atoms with E-state index in [0.29, 0.717) is 6.54 Å². The van der Waals surface area contributed by atoms with Gasteiger partial charge in [-0.1, -0.05) is 25.1 Å². The molecule has 1 unspecified atom stereocenters. The molecule has 2 aromatic rings. The molecule has 1 atom stereocenters. The first-order valence-electron chi connectivity index (χ1n) is 11.0. The van der Waals surface area contributed by atoms with Crippen LogP contribution in [-0.4, -0.2) is 29.7 Å². The highest BCUT2D eigenvalue weighted by Crippen LogP contribution is 2.23. The predicted octanol–water partition coefficient (Wildman–Crippen LogP) is 3.87. The summed E-state index contributed by atoms with van der Waals surface area (Å²) in [5.41, 5.74) is 2.32. The van der Waals surface area contributed by atoms with Crippen LogP contribution in [0.2, 0.25) is 0 Å². The van der Waals surface area contributed by atoms with E-state index in [1.165, 1.54) is 5.56 Å². The number of ether oxygens (including phenoxy) is 1. The minimum atomic E-state index is 0.0499. The summed E-state index contributed by atoms with van der Waals surface area (Å²) in [5.74, 6) is 1.71. The summed E-state index contributed by atoms with van der Waals surface area (Å²) in [6.45, 7) is 11.2. The molecule has 0 aliphatic heterocycles. The van der Waals surface area contributed by atoms with Crippen molar-refractivity contribution in [1.82, 2.24) is 15.2 Å². The molecule has 0 fully saturated rings. The van der Waals surface area contributed by atoms with Crippen molar-refractivity contribution in [3.8, 4) is 5.75 Å². The van der Waals surface area contributed by atoms with Crippen LogP contribution in [0.3, 0.4) is 0 Å². The zero-order chi connectivity index (χ0) is 21.8. The van der Waals surface area contributed by atoms with E-state index in [0.717, 1.165) is 56.2 Å². The maximum atomic E-state index is 11.7. The first-order valence-corrected chi connectivity index (χ1v) is 11.0. The lowest BCUT2D eigenvalue weighted by Crippen LogP contribution is -2.37. The second-order valence-corrected chi connectivity index (χ2v) is 7.51. The van der Waals surface area contributed by atoms with Gasteiger partial charge in [-0.15, -0.1) is 0 Å². The predicted molar refractivity (Wildman–Crippen MR) is 124 cm³/mol. The van der Waals surface area contributed by atoms with Crippen molar-refractivity contribution in [3.05, 3.63) is 64.1 Å². The Labute approximate surface area is 180 Å². The number of rotatable bonds is 11. The summed E-state index contributed by atoms with van der Waals surface area (Å²) in [7, 11) is 0. The topological polar surface area (TPSA) is 67.7 Å². The minimum absolute atomic E-state index is 0.0499. The van der Waals surface area contributed by atoms with Gasteiger partial charge in [0.1, 0.15) is 5.75 Å². The van der Waals surface area contributed by atoms with Crippen LogP contribution in [0.1, 0.15) is 51.2 Å². The number of nitrogens with one attached hydrogen (secondary N) is 2. The molecule has 0 amide bonds. The van der Waals surface area contributed by atoms with Gasteiger partial charge < -0.3 is 19.9 Å². The number of benzene rings is 1. The molecule has 1 heterocycles. The highest BCUT2D eigenvalue weighted by Gasteiger charge is 2.08. The van der Waals surface area contributed by atoms with E-state index in [1.807, 2.05) is 12.3 Å². The van der Waals surface area contributed by atoms with Gasteiger partial charge in [-0.05, 0) is 57.7 Å². The molecule has 0 bridgehead atoms. The lowest BCUT2D eigenvalue weighted by atomic mass is 10.1. The Bertz CT molecular complexity index is 860. The fraction of sp³-hybridized carbons (Fsp3) is 0.500. The van der Waals surface area contributed by atoms with Crippen LogP contribution in [0, 0.1) is 6.92 Å². The Morgan fingerprint density at radius 1 is 1.17 bits per heavy atom. The fourth-order valence-corrected chi connectivity index (χ4v) is 2.97. The standard InChI is InChI=1S/C24H36N4O2/c1-5-20(4)30-22-17-19(3)12-13-21(22)18-27-24(25-6-2)26-14-8-10-16-28-15-9-7-11-23(28)29/h7,9,11-13,15,17,20H,5-6,8,10,14,16,18H2,1-4H3,(H2,25,26,27). The second kappa shape index (κ2) is 12.7. The highest BCUT2D eigenvalue weighted by atomic mass is 16.5. The molecule has 6 heteroatoms. The van der Waals surface area contributed by atoms with Crippen LogP contribution < -0.4 is 20.9 Å². The second-order valence-electron chi connectivity index (χ2n) is 7.51. The smallest absolute Gasteiger partial charge is 0.250 e. The van der Waals surface area contributed by atoms with E-state index in [4.69, 9.17) is 9.73 Å². The molecule has 0 spiro atoms. The molecule has 164 valence electrons. The number of guanidine groups is 1. The van der Waals surface area contributed by atoms with Crippen molar-refractivity contribution >= 4 is 5.96 Å². The molecule has 0 saturated carbocycles. The van der Waals surface area contributed by atoms with E-state index in [1.54, 1.807) is 16.7 Å². The lowest BCUT2D eigenvalue weighted by molar-refractivity contribution is 0.215. The molecule has 0 aliphatic carbocycles. The quantitative estimate of drug-likeness (QED) is 0.334. The third kappa shape index (κ3) is 7.93. The Balaban J connectivity index is 1.89. The van der Waals surface area contributed by atoms with Crippen molar-refractivity contribution in [3.63, 3.8) is 0 Å². The van der Waals surface area contributed by atoms with E-state index >= 15 is 0 Å². The fourth-order valence-electron chi connectivity index (χ4n) is 2.97. The van der Waals surface area contributed by atoms with E-state index in [-0.39, 0.29) is 11.7 Å². The van der Waals surface area contributed by atoms with Gasteiger partial charge in [-0.3, -0.25) is 4.79 Å². The molecule has 0 aliphatic rings. The van der Waals surface area contributed by atoms with E-state index in [2.05, 4.69) is 56.5 Å². The molecule has 6 nitrogen and oxygen atoms in total. The number of aliphatic imine (C=N–C) groups is 1. The van der Waals surface area contributed by atoms with Gasteiger partial charge in [0.2, 0.25) is 5.56 Å². The number of unbranched alkanes of at least 4 members (excludes halogenated alkanes) is 1. The first kappa shape index (κ1) is 23.5. The molecule has 0 radical (unpaired) electrons. The molecular formula is C24H36N4O2. The van der Waals surface area contributed by atoms with Crippen molar-refractivity contribution in [1.29, 1.82) is 0 Å². The monoisotopic (exact) mass is 412 g/mol. The molecule has 1 aromatic carbocycles. The Morgan fingerprint density at radius 3 is 2.73 bits per heavy atom. The summed E-state index contributed by atoms with van der Waals surface area (Å²) in [5, 5.41) is 6.68. The third-order valence-electron chi connectivity index (χ3n) is 4.89. The molecule has 30 heavy (non-hydrogen) atoms. The SMILES string of the molecule is CCNC(=NCc1ccc(C)cc1OC(C)CC)NCCCCn1ccccc1=O. The van der Waals surface area contributed by atoms with Gasteiger partial charge in [0.05, 0.1) is 12.6 Å². The number of hydrogen-bond acceptors (Lipinski definition) is 3. The van der Waals surface area contributed by atoms with Gasteiger partial charge >= 0.3 is 0 Å². The van der Waals surface area contributed by atoms with Crippen LogP contribution in [0.25, 0.3) is 0 Å². The van der Waals surface area contributed by atoms with E-state index in [9.17, 15) is 4.79 Å². The normalized spacial score (nSPS) is 12.5. The molecule has 0 saturated heterocycles. The average Bonchev–Trinajstić information content (AvgIpc) is 2.73. The number of pyridine rings is 1. The van der Waals surface area contributed by atoms with Crippen LogP contribution in [0.15, 0.2) is 52.4 Å². The molecule has 2 rings (SSSR count). The third-order valence-corrected chi connectivity index (χ3v) is 4.89. The zero-order valence-corrected chi connectivity index (χ0v) is 18.8. The Morgan fingerprint density at radius 2 is 2.00 bits per heavy atom. The average molecular weight is 413 g/mol. The first-order chi connectivity index (χ1) is 14.5. The van der Waals surface area contributed by atoms with Gasteiger partial charge in [0, 0.05) is 37.5 Å². The van der Waals surface area contributed by atoms with E-state index < -0.39 is 0 Å². The van der Waals surface area contributed by atoms with Crippen molar-refractivity contribution in [2.24, 2.45) is 4.99 Å². The van der Waals surface area contributed by atoms with Crippen LogP contribution >= 0.6 is 0 Å². The number of hydrogen-bond donors (Lipinski definition) is 2. The molecule has 2 N–H and O–H groups in total. The Kier molecular flexibility index (Phi) is 9.98. The Hall–Kier alpha value is -2.76. The number of aryl methyl sites for hydroxylation is 2. The molecular weight excluding hydrogens is 376 g/mol. The van der Waals surface area contributed by atoms with Crippen LogP contribution in [0.5, 0.6) is 5.75 Å². The maximum Gasteiger partial charge on any atom is 0.250 e. The van der Waals surface area contributed by atoms with Crippen LogP contribution in [0.4, 0.5) is 0 Å². The van der Waals surface area contributed by atoms with Gasteiger partial charge in [0.25, 0.3) is 0 Å². The molecule has 1 aromatic heterocycles. The number of nitrogens with zero attached hydrogens (tertiary/aromatic N) is 2. The summed E-state index contributed by atoms with van der Waals surface area (Å²) in [4.78, 5) is 16.5. The van der Waals surface area contributed by atoms with Crippen molar-refractivity contribution < 1.29 is 4.74 Å². The van der Waals surface area contributed by atoms with Gasteiger partial charge in [-0.2, -0.15) is 0 Å². The maximum absolute atomic E-state index is 11.7. The number of aromatic nitrogens is 1. The van der Waals surface area contributed by atoms with Crippen molar-refractivity contribution in [2.75, 3.05) is 13.1 Å². The minimum Gasteiger partial charge on any atom is -0.490 e. The van der Waals surface area contributed by atoms with Gasteiger partial charge in [0.15, 0.2) is 5.96 Å².